The minimum Gasteiger partial charge on any atom is -0.363 e. The van der Waals surface area contributed by atoms with E-state index >= 15 is 0 Å². The fraction of sp³-hybridized carbons (Fsp3) is 0.667. The van der Waals surface area contributed by atoms with Gasteiger partial charge in [0, 0.05) is 20.8 Å². The lowest BCUT2D eigenvalue weighted by Crippen LogP contribution is -2.34. The largest absolute Gasteiger partial charge is 0.363 e. The predicted octanol–water partition coefficient (Wildman–Crippen LogP) is -0.647. The van der Waals surface area contributed by atoms with Crippen molar-refractivity contribution in [1.82, 2.24) is 14.8 Å². The molecule has 1 aliphatic heterocycles. The minimum absolute atomic E-state index is 0.00893. The van der Waals surface area contributed by atoms with Crippen molar-refractivity contribution in [2.75, 3.05) is 26.1 Å². The first-order valence-corrected chi connectivity index (χ1v) is 5.23. The fourth-order valence-electron chi connectivity index (χ4n) is 1.90. The van der Waals surface area contributed by atoms with Crippen LogP contribution >= 0.6 is 0 Å². The number of aromatic nitrogens is 3. The van der Waals surface area contributed by atoms with Crippen molar-refractivity contribution in [3.63, 3.8) is 0 Å². The Kier molecular flexibility index (Phi) is 3.25. The molecule has 0 radical (unpaired) electrons. The quantitative estimate of drug-likeness (QED) is 0.679. The Balaban J connectivity index is 2.33. The maximum Gasteiger partial charge on any atom is 0.288 e. The van der Waals surface area contributed by atoms with Gasteiger partial charge in [0.1, 0.15) is 6.04 Å². The molecule has 8 heteroatoms. The number of nitrogens with one attached hydrogen (secondary N) is 1. The van der Waals surface area contributed by atoms with Crippen LogP contribution in [0.4, 0.5) is 5.95 Å². The van der Waals surface area contributed by atoms with Crippen molar-refractivity contribution in [3.8, 4) is 0 Å². The van der Waals surface area contributed by atoms with Gasteiger partial charge < -0.3 is 20.5 Å². The van der Waals surface area contributed by atoms with E-state index in [-0.39, 0.29) is 11.9 Å². The van der Waals surface area contributed by atoms with Crippen LogP contribution in [0.5, 0.6) is 0 Å². The van der Waals surface area contributed by atoms with Gasteiger partial charge >= 0.3 is 0 Å². The number of carbonyl (C=O) groups excluding carboxylic acids is 1. The van der Waals surface area contributed by atoms with E-state index in [0.29, 0.717) is 12.5 Å². The summed E-state index contributed by atoms with van der Waals surface area (Å²) in [5.41, 5.74) is 5.14. The predicted molar refractivity (Wildman–Crippen MR) is 58.5 cm³/mol. The summed E-state index contributed by atoms with van der Waals surface area (Å²) in [7, 11) is 3.11. The van der Waals surface area contributed by atoms with Gasteiger partial charge in [0.2, 0.25) is 11.8 Å². The lowest BCUT2D eigenvalue weighted by Gasteiger charge is -2.29. The van der Waals surface area contributed by atoms with Gasteiger partial charge in [0.25, 0.3) is 5.91 Å². The SMILES string of the molecule is COC(OC)C1CCNc2nc(C(N)=O)nn21. The Bertz CT molecular complexity index is 415. The number of carbonyl (C=O) groups is 1. The van der Waals surface area contributed by atoms with E-state index in [0.717, 1.165) is 6.42 Å². The Morgan fingerprint density at radius 2 is 2.29 bits per heavy atom. The van der Waals surface area contributed by atoms with E-state index in [1.54, 1.807) is 18.9 Å². The third-order valence-electron chi connectivity index (χ3n) is 2.67. The number of hydrogen-bond acceptors (Lipinski definition) is 6. The number of methoxy groups -OCH3 is 2. The van der Waals surface area contributed by atoms with Crippen molar-refractivity contribution in [2.45, 2.75) is 18.8 Å². The van der Waals surface area contributed by atoms with Crippen LogP contribution < -0.4 is 11.1 Å². The second-order valence-corrected chi connectivity index (χ2v) is 3.69. The maximum absolute atomic E-state index is 11.0. The number of fused-ring (bicyclic) bond motifs is 1. The molecule has 1 aliphatic rings. The molecule has 0 saturated heterocycles. The molecule has 1 amide bonds. The smallest absolute Gasteiger partial charge is 0.288 e. The number of nitrogens with two attached hydrogens (primary N) is 1. The highest BCUT2D eigenvalue weighted by Crippen LogP contribution is 2.26. The van der Waals surface area contributed by atoms with Crippen LogP contribution in [0.2, 0.25) is 0 Å². The van der Waals surface area contributed by atoms with E-state index in [1.807, 2.05) is 0 Å². The molecule has 0 spiro atoms. The summed E-state index contributed by atoms with van der Waals surface area (Å²) in [6.45, 7) is 0.713. The monoisotopic (exact) mass is 241 g/mol. The van der Waals surface area contributed by atoms with Crippen molar-refractivity contribution in [3.05, 3.63) is 5.82 Å². The first-order chi connectivity index (χ1) is 8.17. The van der Waals surface area contributed by atoms with Crippen LogP contribution in [0.25, 0.3) is 0 Å². The number of nitrogens with zero attached hydrogens (tertiary/aromatic N) is 3. The zero-order valence-corrected chi connectivity index (χ0v) is 9.71. The Hall–Kier alpha value is -1.67. The molecule has 2 rings (SSSR count). The van der Waals surface area contributed by atoms with Gasteiger partial charge in [0.05, 0.1) is 0 Å². The van der Waals surface area contributed by atoms with Crippen LogP contribution in [-0.4, -0.2) is 47.7 Å². The summed E-state index contributed by atoms with van der Waals surface area (Å²) in [5.74, 6) is -0.154. The number of rotatable bonds is 4. The molecule has 1 atom stereocenters. The molecule has 2 heterocycles. The van der Waals surface area contributed by atoms with Gasteiger partial charge in [0.15, 0.2) is 6.29 Å². The summed E-state index contributed by atoms with van der Waals surface area (Å²) in [4.78, 5) is 15.0. The van der Waals surface area contributed by atoms with Crippen molar-refractivity contribution < 1.29 is 14.3 Å². The Labute approximate surface area is 98.1 Å². The average molecular weight is 241 g/mol. The molecular weight excluding hydrogens is 226 g/mol. The molecule has 8 nitrogen and oxygen atoms in total. The minimum atomic E-state index is -0.654. The standard InChI is InChI=1S/C9H15N5O3/c1-16-8(17-2)5-3-4-11-9-12-7(6(10)15)13-14(5)9/h5,8H,3-4H2,1-2H3,(H2,10,15)(H,11,12,13). The third kappa shape index (κ3) is 2.08. The van der Waals surface area contributed by atoms with Crippen molar-refractivity contribution >= 4 is 11.9 Å². The summed E-state index contributed by atoms with van der Waals surface area (Å²) < 4.78 is 12.0. The zero-order valence-electron chi connectivity index (χ0n) is 9.71. The molecule has 94 valence electrons. The van der Waals surface area contributed by atoms with Crippen molar-refractivity contribution in [2.24, 2.45) is 5.73 Å². The van der Waals surface area contributed by atoms with Crippen LogP contribution in [0.3, 0.4) is 0 Å². The third-order valence-corrected chi connectivity index (χ3v) is 2.67. The molecule has 0 fully saturated rings. The van der Waals surface area contributed by atoms with Gasteiger partial charge in [-0.2, -0.15) is 4.98 Å². The average Bonchev–Trinajstić information content (AvgIpc) is 2.75. The van der Waals surface area contributed by atoms with Crippen LogP contribution in [0.15, 0.2) is 0 Å². The molecule has 17 heavy (non-hydrogen) atoms. The molecule has 1 aromatic heterocycles. The summed E-state index contributed by atoms with van der Waals surface area (Å²) >= 11 is 0. The number of hydrogen-bond donors (Lipinski definition) is 2. The number of anilines is 1. The van der Waals surface area contributed by atoms with E-state index in [9.17, 15) is 4.79 Å². The van der Waals surface area contributed by atoms with Gasteiger partial charge in [-0.15, -0.1) is 5.10 Å². The van der Waals surface area contributed by atoms with E-state index in [4.69, 9.17) is 15.2 Å². The molecule has 3 N–H and O–H groups in total. The topological polar surface area (TPSA) is 104 Å². The van der Waals surface area contributed by atoms with Gasteiger partial charge in [-0.05, 0) is 6.42 Å². The molecule has 0 aliphatic carbocycles. The first-order valence-electron chi connectivity index (χ1n) is 5.23. The second-order valence-electron chi connectivity index (χ2n) is 3.69. The first kappa shape index (κ1) is 11.8. The van der Waals surface area contributed by atoms with Crippen LogP contribution in [0, 0.1) is 0 Å². The molecule has 1 unspecified atom stereocenters. The van der Waals surface area contributed by atoms with Crippen LogP contribution in [-0.2, 0) is 9.47 Å². The number of amides is 1. The summed E-state index contributed by atoms with van der Waals surface area (Å²) in [6, 6.07) is -0.123. The van der Waals surface area contributed by atoms with Gasteiger partial charge in [-0.3, -0.25) is 4.79 Å². The molecule has 0 saturated carbocycles. The number of primary amides is 1. The summed E-state index contributed by atoms with van der Waals surface area (Å²) in [6.07, 6.45) is 0.333. The normalized spacial score (nSPS) is 18.9. The highest BCUT2D eigenvalue weighted by Gasteiger charge is 2.30. The molecule has 1 aromatic rings. The Morgan fingerprint density at radius 3 is 2.88 bits per heavy atom. The molecule has 0 aromatic carbocycles. The van der Waals surface area contributed by atoms with E-state index in [1.165, 1.54) is 0 Å². The second kappa shape index (κ2) is 4.68. The Morgan fingerprint density at radius 1 is 1.59 bits per heavy atom. The van der Waals surface area contributed by atoms with Crippen molar-refractivity contribution in [1.29, 1.82) is 0 Å². The van der Waals surface area contributed by atoms with E-state index in [2.05, 4.69) is 15.4 Å². The zero-order chi connectivity index (χ0) is 12.4. The highest BCUT2D eigenvalue weighted by molar-refractivity contribution is 5.89. The van der Waals surface area contributed by atoms with Gasteiger partial charge in [-0.1, -0.05) is 0 Å². The van der Waals surface area contributed by atoms with Crippen LogP contribution in [0.1, 0.15) is 23.1 Å². The molecule has 0 bridgehead atoms. The summed E-state index contributed by atoms with van der Waals surface area (Å²) in [5, 5.41) is 7.10. The molecular formula is C9H15N5O3. The lowest BCUT2D eigenvalue weighted by molar-refractivity contribution is -0.135. The van der Waals surface area contributed by atoms with Gasteiger partial charge in [-0.25, -0.2) is 4.68 Å². The van der Waals surface area contributed by atoms with E-state index < -0.39 is 12.2 Å². The highest BCUT2D eigenvalue weighted by atomic mass is 16.7. The fourth-order valence-corrected chi connectivity index (χ4v) is 1.90. The number of ether oxygens (including phenoxy) is 2. The maximum atomic E-state index is 11.0. The lowest BCUT2D eigenvalue weighted by atomic mass is 10.2.